The average Bonchev–Trinajstić information content (AvgIpc) is 3.75. The van der Waals surface area contributed by atoms with E-state index in [4.69, 9.17) is 4.74 Å². The van der Waals surface area contributed by atoms with Crippen LogP contribution in [0.25, 0.3) is 0 Å². The van der Waals surface area contributed by atoms with Gasteiger partial charge in [0, 0.05) is 34.5 Å². The Balaban J connectivity index is 1.54. The number of benzene rings is 2. The number of carbonyl (C=O) groups excluding carboxylic acids is 1. The van der Waals surface area contributed by atoms with Crippen LogP contribution in [0.1, 0.15) is 51.3 Å². The number of amides is 1. The van der Waals surface area contributed by atoms with Crippen molar-refractivity contribution in [2.24, 2.45) is 5.92 Å². The number of halogens is 2. The smallest absolute Gasteiger partial charge is 0.278 e. The molecule has 1 amide bonds. The number of carbonyl (C=O) groups is 1. The largest absolute Gasteiger partial charge is 0.502 e. The first-order valence-corrected chi connectivity index (χ1v) is 13.2. The summed E-state index contributed by atoms with van der Waals surface area (Å²) in [5.41, 5.74) is 0.984. The number of hydrogen-bond donors (Lipinski definition) is 1. The highest BCUT2D eigenvalue weighted by Crippen LogP contribution is 2.57. The summed E-state index contributed by atoms with van der Waals surface area (Å²) < 4.78 is 37.7. The van der Waals surface area contributed by atoms with Gasteiger partial charge in [0.1, 0.15) is 6.17 Å². The van der Waals surface area contributed by atoms with E-state index in [0.717, 1.165) is 29.4 Å². The maximum atomic E-state index is 15.7. The highest BCUT2D eigenvalue weighted by Gasteiger charge is 2.48. The molecule has 4 heterocycles. The molecule has 3 aliphatic heterocycles. The maximum absolute atomic E-state index is 15.7. The van der Waals surface area contributed by atoms with Crippen LogP contribution in [-0.4, -0.2) is 46.5 Å². The fourth-order valence-corrected chi connectivity index (χ4v) is 7.40. The van der Waals surface area contributed by atoms with E-state index in [2.05, 4.69) is 0 Å². The van der Waals surface area contributed by atoms with Crippen molar-refractivity contribution in [1.82, 2.24) is 9.58 Å². The van der Waals surface area contributed by atoms with Gasteiger partial charge in [0.2, 0.25) is 5.43 Å². The van der Waals surface area contributed by atoms with Crippen LogP contribution in [0.5, 0.6) is 5.75 Å². The van der Waals surface area contributed by atoms with Crippen molar-refractivity contribution >= 4 is 17.7 Å². The highest BCUT2D eigenvalue weighted by atomic mass is 32.2. The Morgan fingerprint density at radius 1 is 1.03 bits per heavy atom. The van der Waals surface area contributed by atoms with E-state index in [1.807, 2.05) is 29.3 Å². The number of morpholine rings is 1. The summed E-state index contributed by atoms with van der Waals surface area (Å²) in [5.74, 6) is -2.63. The zero-order chi connectivity index (χ0) is 25.4. The number of ether oxygens (including phenoxy) is 1. The molecule has 1 aliphatic carbocycles. The van der Waals surface area contributed by atoms with Gasteiger partial charge >= 0.3 is 0 Å². The predicted molar refractivity (Wildman–Crippen MR) is 132 cm³/mol. The summed E-state index contributed by atoms with van der Waals surface area (Å²) in [6.45, 7) is 0.751. The van der Waals surface area contributed by atoms with Gasteiger partial charge in [-0.15, -0.1) is 11.8 Å². The van der Waals surface area contributed by atoms with Gasteiger partial charge < -0.3 is 14.7 Å². The SMILES string of the molecule is O=C1c2c(O)c(=O)ccn2N([C@@H]2c3ccccc3SC(C3CC3)c3c2ccc(F)c3F)[C@@H]2COCCN12. The van der Waals surface area contributed by atoms with Gasteiger partial charge in [-0.3, -0.25) is 19.3 Å². The van der Waals surface area contributed by atoms with Gasteiger partial charge in [-0.05, 0) is 42.0 Å². The second-order valence-electron chi connectivity index (χ2n) is 9.84. The Labute approximate surface area is 215 Å². The van der Waals surface area contributed by atoms with E-state index in [1.54, 1.807) is 22.7 Å². The van der Waals surface area contributed by atoms with Gasteiger partial charge in [0.15, 0.2) is 23.1 Å². The Morgan fingerprint density at radius 2 is 1.84 bits per heavy atom. The molecular weight excluding hydrogens is 500 g/mol. The first-order chi connectivity index (χ1) is 18.0. The van der Waals surface area contributed by atoms with Crippen LogP contribution in [0.4, 0.5) is 8.78 Å². The predicted octanol–water partition coefficient (Wildman–Crippen LogP) is 3.93. The minimum atomic E-state index is -0.896. The minimum Gasteiger partial charge on any atom is -0.502 e. The average molecular weight is 524 g/mol. The van der Waals surface area contributed by atoms with Crippen molar-refractivity contribution < 1.29 is 23.4 Å². The third kappa shape index (κ3) is 3.35. The molecule has 10 heteroatoms. The molecule has 4 aliphatic rings. The number of pyridine rings is 1. The molecule has 7 nitrogen and oxygen atoms in total. The Kier molecular flexibility index (Phi) is 5.13. The fourth-order valence-electron chi connectivity index (χ4n) is 5.83. The molecule has 1 N–H and O–H groups in total. The number of aromatic hydroxyl groups is 1. The van der Waals surface area contributed by atoms with Crippen LogP contribution in [0.2, 0.25) is 0 Å². The third-order valence-corrected chi connectivity index (χ3v) is 9.20. The number of nitrogens with zero attached hydrogens (tertiary/aromatic N) is 3. The molecule has 1 saturated carbocycles. The van der Waals surface area contributed by atoms with Crippen molar-refractivity contribution in [1.29, 1.82) is 0 Å². The first kappa shape index (κ1) is 22.8. The van der Waals surface area contributed by atoms with Crippen molar-refractivity contribution in [3.8, 4) is 5.75 Å². The number of thioether (sulfide) groups is 1. The Hall–Kier alpha value is -3.37. The molecule has 0 spiro atoms. The lowest BCUT2D eigenvalue weighted by atomic mass is 9.90. The molecule has 190 valence electrons. The van der Waals surface area contributed by atoms with Crippen molar-refractivity contribution in [3.63, 3.8) is 0 Å². The molecule has 3 aromatic rings. The zero-order valence-electron chi connectivity index (χ0n) is 19.6. The molecule has 37 heavy (non-hydrogen) atoms. The minimum absolute atomic E-state index is 0.150. The Bertz CT molecular complexity index is 1510. The Morgan fingerprint density at radius 3 is 2.65 bits per heavy atom. The summed E-state index contributed by atoms with van der Waals surface area (Å²) in [6.07, 6.45) is 2.75. The van der Waals surface area contributed by atoms with Crippen molar-refractivity contribution in [3.05, 3.63) is 92.9 Å². The van der Waals surface area contributed by atoms with Crippen LogP contribution in [0.3, 0.4) is 0 Å². The zero-order valence-corrected chi connectivity index (χ0v) is 20.5. The number of hydrogen-bond acceptors (Lipinski definition) is 6. The highest BCUT2D eigenvalue weighted by molar-refractivity contribution is 7.99. The van der Waals surface area contributed by atoms with E-state index in [1.165, 1.54) is 16.9 Å². The maximum Gasteiger partial charge on any atom is 0.278 e. The molecule has 1 aromatic heterocycles. The van der Waals surface area contributed by atoms with Gasteiger partial charge in [-0.2, -0.15) is 0 Å². The lowest BCUT2D eigenvalue weighted by molar-refractivity contribution is -0.0197. The van der Waals surface area contributed by atoms with E-state index in [9.17, 15) is 19.1 Å². The molecular formula is C27H23F2N3O4S. The second-order valence-corrected chi connectivity index (χ2v) is 11.0. The van der Waals surface area contributed by atoms with Crippen LogP contribution in [0.15, 0.2) is 58.4 Å². The standard InChI is InChI=1S/C27H23F2N3O4S/c28-17-8-7-16-21(22(17)29)26(14-5-6-14)37-19-4-2-1-3-15(19)23(16)32-20-13-36-12-11-30(20)27(35)24-25(34)18(33)9-10-31(24)32/h1-4,7-10,14,20,23,26,34H,5-6,11-13H2/t20-,23-,26?/m1/s1. The summed E-state index contributed by atoms with van der Waals surface area (Å²) in [5, 5.41) is 12.3. The molecule has 3 atom stereocenters. The summed E-state index contributed by atoms with van der Waals surface area (Å²) in [7, 11) is 0. The fraction of sp³-hybridized carbons (Fsp3) is 0.333. The molecule has 1 unspecified atom stereocenters. The molecule has 0 radical (unpaired) electrons. The molecule has 0 bridgehead atoms. The number of rotatable bonds is 2. The normalized spacial score (nSPS) is 24.6. The summed E-state index contributed by atoms with van der Waals surface area (Å²) >= 11 is 1.54. The van der Waals surface area contributed by atoms with Crippen LogP contribution < -0.4 is 10.4 Å². The van der Waals surface area contributed by atoms with Gasteiger partial charge in [0.05, 0.1) is 19.3 Å². The summed E-state index contributed by atoms with van der Waals surface area (Å²) in [4.78, 5) is 28.4. The third-order valence-electron chi connectivity index (χ3n) is 7.70. The van der Waals surface area contributed by atoms with Crippen LogP contribution >= 0.6 is 11.8 Å². The number of fused-ring (bicyclic) bond motifs is 4. The first-order valence-electron chi connectivity index (χ1n) is 12.3. The van der Waals surface area contributed by atoms with Gasteiger partial charge in [-0.25, -0.2) is 8.78 Å². The summed E-state index contributed by atoms with van der Waals surface area (Å²) in [6, 6.07) is 11.1. The van der Waals surface area contributed by atoms with E-state index in [-0.39, 0.29) is 30.0 Å². The molecule has 2 aromatic carbocycles. The molecule has 1 saturated heterocycles. The van der Waals surface area contributed by atoms with E-state index < -0.39 is 40.9 Å². The topological polar surface area (TPSA) is 75.0 Å². The van der Waals surface area contributed by atoms with Crippen LogP contribution in [-0.2, 0) is 4.74 Å². The quantitative estimate of drug-likeness (QED) is 0.549. The monoisotopic (exact) mass is 523 g/mol. The van der Waals surface area contributed by atoms with Gasteiger partial charge in [-0.1, -0.05) is 24.3 Å². The van der Waals surface area contributed by atoms with Crippen molar-refractivity contribution in [2.45, 2.75) is 35.2 Å². The second kappa shape index (κ2) is 8.32. The number of aromatic nitrogens is 1. The van der Waals surface area contributed by atoms with Gasteiger partial charge in [0.25, 0.3) is 5.91 Å². The van der Waals surface area contributed by atoms with Crippen molar-refractivity contribution in [2.75, 3.05) is 24.8 Å². The molecule has 7 rings (SSSR count). The lowest BCUT2D eigenvalue weighted by Crippen LogP contribution is -2.66. The molecule has 2 fully saturated rings. The van der Waals surface area contributed by atoms with Crippen LogP contribution in [0, 0.1) is 17.6 Å². The van der Waals surface area contributed by atoms with E-state index >= 15 is 4.39 Å². The van der Waals surface area contributed by atoms with E-state index in [0.29, 0.717) is 17.7 Å². The lowest BCUT2D eigenvalue weighted by Gasteiger charge is -2.51.